The van der Waals surface area contributed by atoms with Gasteiger partial charge in [-0.25, -0.2) is 0 Å². The predicted octanol–water partition coefficient (Wildman–Crippen LogP) is 2.59. The quantitative estimate of drug-likeness (QED) is 0.153. The van der Waals surface area contributed by atoms with Crippen LogP contribution in [0.15, 0.2) is 54.1 Å². The van der Waals surface area contributed by atoms with Crippen molar-refractivity contribution in [3.05, 3.63) is 80.9 Å². The lowest BCUT2D eigenvalue weighted by Crippen LogP contribution is -2.33. The van der Waals surface area contributed by atoms with Crippen LogP contribution in [0.3, 0.4) is 0 Å². The van der Waals surface area contributed by atoms with E-state index >= 15 is 0 Å². The molecule has 0 spiro atoms. The van der Waals surface area contributed by atoms with Crippen LogP contribution >= 0.6 is 0 Å². The molecule has 168 valence electrons. The summed E-state index contributed by atoms with van der Waals surface area (Å²) in [4.78, 5) is 37.6. The topological polar surface area (TPSA) is 130 Å². The van der Waals surface area contributed by atoms with E-state index in [2.05, 4.69) is 0 Å². The largest absolute Gasteiger partial charge is 0.507 e. The summed E-state index contributed by atoms with van der Waals surface area (Å²) in [6.45, 7) is 2.08. The highest BCUT2D eigenvalue weighted by Crippen LogP contribution is 2.39. The van der Waals surface area contributed by atoms with Crippen LogP contribution in [0.5, 0.6) is 0 Å². The van der Waals surface area contributed by atoms with Crippen LogP contribution in [0, 0.1) is 10.1 Å². The summed E-state index contributed by atoms with van der Waals surface area (Å²) < 4.78 is 5.26. The zero-order valence-electron chi connectivity index (χ0n) is 17.6. The second-order valence-electron chi connectivity index (χ2n) is 7.23. The Bertz CT molecular complexity index is 1050. The van der Waals surface area contributed by atoms with Crippen molar-refractivity contribution in [1.82, 2.24) is 4.90 Å². The predicted molar refractivity (Wildman–Crippen MR) is 116 cm³/mol. The van der Waals surface area contributed by atoms with Crippen molar-refractivity contribution >= 4 is 23.1 Å². The Labute approximate surface area is 184 Å². The summed E-state index contributed by atoms with van der Waals surface area (Å²) in [6, 6.07) is 11.7. The Balaban J connectivity index is 2.09. The number of aryl methyl sites for hydroxylation is 1. The number of nitrogens with zero attached hydrogens (tertiary/aromatic N) is 2. The van der Waals surface area contributed by atoms with E-state index in [-0.39, 0.29) is 43.2 Å². The van der Waals surface area contributed by atoms with Crippen LogP contribution in [-0.2, 0) is 20.7 Å². The summed E-state index contributed by atoms with van der Waals surface area (Å²) in [7, 11) is 0. The number of ether oxygens (including phenoxy) is 1. The number of Topliss-reactive ketones (excluding diaryl/α,β-unsaturated/α-hetero) is 1. The Hall–Kier alpha value is -3.56. The van der Waals surface area contributed by atoms with Crippen LogP contribution in [-0.4, -0.2) is 58.1 Å². The van der Waals surface area contributed by atoms with Gasteiger partial charge < -0.3 is 19.8 Å². The van der Waals surface area contributed by atoms with Crippen LogP contribution in [0.4, 0.5) is 5.69 Å². The molecule has 2 aromatic carbocycles. The Morgan fingerprint density at radius 1 is 1.16 bits per heavy atom. The maximum Gasteiger partial charge on any atom is 0.295 e. The normalized spacial score (nSPS) is 17.7. The summed E-state index contributed by atoms with van der Waals surface area (Å²) in [5.74, 6) is -2.15. The van der Waals surface area contributed by atoms with Gasteiger partial charge in [0.1, 0.15) is 5.76 Å². The van der Waals surface area contributed by atoms with Gasteiger partial charge >= 0.3 is 0 Å². The number of benzene rings is 2. The van der Waals surface area contributed by atoms with Gasteiger partial charge in [0.15, 0.2) is 0 Å². The molecule has 1 aliphatic heterocycles. The highest BCUT2D eigenvalue weighted by atomic mass is 16.6. The number of aliphatic hydroxyl groups excluding tert-OH is 2. The van der Waals surface area contributed by atoms with Crippen molar-refractivity contribution in [2.45, 2.75) is 19.4 Å². The first-order valence-corrected chi connectivity index (χ1v) is 10.2. The number of likely N-dealkylation sites (tertiary alicyclic amines) is 1. The molecule has 32 heavy (non-hydrogen) atoms. The number of non-ortho nitro benzene ring substituents is 1. The van der Waals surface area contributed by atoms with E-state index in [1.807, 2.05) is 19.1 Å². The van der Waals surface area contributed by atoms with Gasteiger partial charge in [0.25, 0.3) is 17.4 Å². The van der Waals surface area contributed by atoms with Crippen molar-refractivity contribution in [3.63, 3.8) is 0 Å². The van der Waals surface area contributed by atoms with Crippen LogP contribution in [0.25, 0.3) is 5.76 Å². The minimum Gasteiger partial charge on any atom is -0.507 e. The van der Waals surface area contributed by atoms with Gasteiger partial charge in [-0.05, 0) is 17.5 Å². The fourth-order valence-corrected chi connectivity index (χ4v) is 3.64. The number of nitro benzene ring substituents is 1. The minimum absolute atomic E-state index is 0.0660. The zero-order valence-corrected chi connectivity index (χ0v) is 17.6. The lowest BCUT2D eigenvalue weighted by molar-refractivity contribution is -0.384. The van der Waals surface area contributed by atoms with Crippen LogP contribution < -0.4 is 0 Å². The van der Waals surface area contributed by atoms with E-state index in [0.717, 1.165) is 18.1 Å². The van der Waals surface area contributed by atoms with E-state index in [0.29, 0.717) is 5.56 Å². The molecular formula is C23H24N2O7. The number of hydrogen-bond acceptors (Lipinski definition) is 7. The molecule has 9 nitrogen and oxygen atoms in total. The zero-order chi connectivity index (χ0) is 23.3. The maximum atomic E-state index is 12.9. The number of rotatable bonds is 9. The third-order valence-corrected chi connectivity index (χ3v) is 5.29. The summed E-state index contributed by atoms with van der Waals surface area (Å²) in [6.07, 6.45) is 0.809. The minimum atomic E-state index is -0.877. The molecule has 2 N–H and O–H groups in total. The van der Waals surface area contributed by atoms with E-state index in [1.165, 1.54) is 23.1 Å². The first-order chi connectivity index (χ1) is 15.4. The molecule has 1 atom stereocenters. The number of aliphatic hydroxyl groups is 2. The molecule has 1 aliphatic rings. The number of carbonyl (C=O) groups is 2. The Morgan fingerprint density at radius 3 is 2.50 bits per heavy atom. The SMILES string of the molecule is CCc1ccc([C@@H]2/C(=C(\O)c3cccc([N+](=O)[O-])c3)C(=O)C(=O)N2CCOCCO)cc1. The molecule has 0 radical (unpaired) electrons. The molecule has 0 aliphatic carbocycles. The number of hydrogen-bond donors (Lipinski definition) is 2. The molecule has 1 heterocycles. The van der Waals surface area contributed by atoms with Gasteiger partial charge in [0.05, 0.1) is 36.4 Å². The highest BCUT2D eigenvalue weighted by molar-refractivity contribution is 6.46. The first-order valence-electron chi connectivity index (χ1n) is 10.2. The monoisotopic (exact) mass is 440 g/mol. The van der Waals surface area contributed by atoms with Gasteiger partial charge in [0.2, 0.25) is 0 Å². The summed E-state index contributed by atoms with van der Waals surface area (Å²) in [5, 5.41) is 31.0. The summed E-state index contributed by atoms with van der Waals surface area (Å²) >= 11 is 0. The second kappa shape index (κ2) is 10.2. The smallest absolute Gasteiger partial charge is 0.295 e. The van der Waals surface area contributed by atoms with E-state index < -0.39 is 28.4 Å². The first kappa shape index (κ1) is 23.1. The standard InChI is InChI=1S/C23H24N2O7/c1-2-15-6-8-16(9-7-15)20-19(21(27)17-4-3-5-18(14-17)25(30)31)22(28)23(29)24(20)10-12-32-13-11-26/h3-9,14,20,26-27H,2,10-13H2,1H3/b21-19+/t20-/m1/s1. The van der Waals surface area contributed by atoms with Gasteiger partial charge in [-0.3, -0.25) is 19.7 Å². The lowest BCUT2D eigenvalue weighted by atomic mass is 9.94. The average molecular weight is 440 g/mol. The molecule has 0 aromatic heterocycles. The number of carbonyl (C=O) groups excluding carboxylic acids is 2. The number of nitro groups is 1. The van der Waals surface area contributed by atoms with Gasteiger partial charge in [-0.1, -0.05) is 43.3 Å². The molecule has 3 rings (SSSR count). The van der Waals surface area contributed by atoms with Crippen LogP contribution in [0.1, 0.15) is 29.7 Å². The second-order valence-corrected chi connectivity index (χ2v) is 7.23. The number of amides is 1. The van der Waals surface area contributed by atoms with Crippen molar-refractivity contribution in [2.75, 3.05) is 26.4 Å². The van der Waals surface area contributed by atoms with Crippen molar-refractivity contribution in [3.8, 4) is 0 Å². The highest BCUT2D eigenvalue weighted by Gasteiger charge is 2.45. The van der Waals surface area contributed by atoms with Crippen molar-refractivity contribution < 1.29 is 29.5 Å². The van der Waals surface area contributed by atoms with Crippen molar-refractivity contribution in [2.24, 2.45) is 0 Å². The third-order valence-electron chi connectivity index (χ3n) is 5.29. The molecule has 1 fully saturated rings. The molecule has 9 heteroatoms. The van der Waals surface area contributed by atoms with E-state index in [9.17, 15) is 24.8 Å². The average Bonchev–Trinajstić information content (AvgIpc) is 3.06. The van der Waals surface area contributed by atoms with E-state index in [1.54, 1.807) is 12.1 Å². The summed E-state index contributed by atoms with van der Waals surface area (Å²) in [5.41, 5.74) is 1.38. The van der Waals surface area contributed by atoms with Crippen molar-refractivity contribution in [1.29, 1.82) is 0 Å². The maximum absolute atomic E-state index is 12.9. The fraction of sp³-hybridized carbons (Fsp3) is 0.304. The molecule has 0 unspecified atom stereocenters. The lowest BCUT2D eigenvalue weighted by Gasteiger charge is -2.25. The molecule has 1 amide bonds. The van der Waals surface area contributed by atoms with Crippen LogP contribution in [0.2, 0.25) is 0 Å². The van der Waals surface area contributed by atoms with Gasteiger partial charge in [-0.15, -0.1) is 0 Å². The molecule has 1 saturated heterocycles. The Kier molecular flexibility index (Phi) is 7.34. The molecule has 0 saturated carbocycles. The molecule has 2 aromatic rings. The van der Waals surface area contributed by atoms with Gasteiger partial charge in [0, 0.05) is 24.2 Å². The fourth-order valence-electron chi connectivity index (χ4n) is 3.64. The molecule has 0 bridgehead atoms. The number of ketones is 1. The Morgan fingerprint density at radius 2 is 1.88 bits per heavy atom. The van der Waals surface area contributed by atoms with E-state index in [4.69, 9.17) is 9.84 Å². The third kappa shape index (κ3) is 4.68. The van der Waals surface area contributed by atoms with Gasteiger partial charge in [-0.2, -0.15) is 0 Å². The molecular weight excluding hydrogens is 416 g/mol.